The maximum absolute atomic E-state index is 13.0. The molecule has 0 saturated heterocycles. The number of carbonyl (C=O) groups is 1. The molecule has 0 aliphatic heterocycles. The molecule has 1 saturated carbocycles. The number of carbonyl (C=O) groups excluding carboxylic acids is 1. The van der Waals surface area contributed by atoms with Crippen molar-refractivity contribution >= 4 is 23.4 Å². The molecular formula is C26H29N5O2S. The number of ether oxygens (including phenoxy) is 1. The van der Waals surface area contributed by atoms with Crippen LogP contribution in [-0.2, 0) is 4.79 Å². The molecule has 1 aromatic heterocycles. The van der Waals surface area contributed by atoms with Crippen molar-refractivity contribution in [3.63, 3.8) is 0 Å². The highest BCUT2D eigenvalue weighted by molar-refractivity contribution is 8.00. The van der Waals surface area contributed by atoms with E-state index in [2.05, 4.69) is 33.1 Å². The van der Waals surface area contributed by atoms with E-state index in [0.29, 0.717) is 17.2 Å². The normalized spacial score (nSPS) is 18.6. The van der Waals surface area contributed by atoms with E-state index in [-0.39, 0.29) is 11.9 Å². The van der Waals surface area contributed by atoms with Gasteiger partial charge in [0.05, 0.1) is 23.6 Å². The van der Waals surface area contributed by atoms with Gasteiger partial charge in [-0.1, -0.05) is 43.7 Å². The van der Waals surface area contributed by atoms with Crippen molar-refractivity contribution in [1.29, 1.82) is 5.26 Å². The molecule has 0 radical (unpaired) electrons. The lowest BCUT2D eigenvalue weighted by Gasteiger charge is -2.31. The summed E-state index contributed by atoms with van der Waals surface area (Å²) in [4.78, 5) is 13.0. The number of rotatable bonds is 7. The molecule has 1 heterocycles. The van der Waals surface area contributed by atoms with Crippen molar-refractivity contribution in [3.05, 3.63) is 54.1 Å². The summed E-state index contributed by atoms with van der Waals surface area (Å²) in [5, 5.41) is 21.6. The fraction of sp³-hybridized carbons (Fsp3) is 0.385. The number of amides is 1. The minimum absolute atomic E-state index is 0.176. The first kappa shape index (κ1) is 23.8. The SMILES string of the molecule is COc1ccc(-c2nnc(S[C@H](C)C(=O)Nc3ccccc3C#N)n2[C@H]2CCCC[C@@H]2C)cc1. The van der Waals surface area contributed by atoms with Gasteiger partial charge in [-0.05, 0) is 62.1 Å². The molecule has 2 aromatic carbocycles. The summed E-state index contributed by atoms with van der Waals surface area (Å²) < 4.78 is 7.53. The van der Waals surface area contributed by atoms with E-state index >= 15 is 0 Å². The number of hydrogen-bond acceptors (Lipinski definition) is 6. The van der Waals surface area contributed by atoms with E-state index in [4.69, 9.17) is 4.74 Å². The predicted molar refractivity (Wildman–Crippen MR) is 134 cm³/mol. The second-order valence-corrected chi connectivity index (χ2v) is 9.95. The van der Waals surface area contributed by atoms with Crippen LogP contribution in [0.15, 0.2) is 53.7 Å². The number of thioether (sulfide) groups is 1. The van der Waals surface area contributed by atoms with E-state index < -0.39 is 5.25 Å². The van der Waals surface area contributed by atoms with Crippen molar-refractivity contribution < 1.29 is 9.53 Å². The van der Waals surface area contributed by atoms with Crippen LogP contribution in [0.2, 0.25) is 0 Å². The molecule has 1 amide bonds. The Hall–Kier alpha value is -3.31. The summed E-state index contributed by atoms with van der Waals surface area (Å²) in [6.45, 7) is 4.14. The van der Waals surface area contributed by atoms with E-state index in [1.165, 1.54) is 24.6 Å². The number of benzene rings is 2. The second-order valence-electron chi connectivity index (χ2n) is 8.64. The molecule has 7 nitrogen and oxygen atoms in total. The molecule has 0 bridgehead atoms. The third kappa shape index (κ3) is 5.10. The van der Waals surface area contributed by atoms with E-state index in [9.17, 15) is 10.1 Å². The third-order valence-electron chi connectivity index (χ3n) is 6.37. The van der Waals surface area contributed by atoms with Crippen LogP contribution in [0.25, 0.3) is 11.4 Å². The van der Waals surface area contributed by atoms with Crippen LogP contribution in [0, 0.1) is 17.2 Å². The first-order chi connectivity index (χ1) is 16.5. The molecule has 176 valence electrons. The van der Waals surface area contributed by atoms with Crippen molar-refractivity contribution in [3.8, 4) is 23.2 Å². The number of nitrogens with zero attached hydrogens (tertiary/aromatic N) is 4. The number of methoxy groups -OCH3 is 1. The molecule has 1 aliphatic rings. The number of para-hydroxylation sites is 1. The highest BCUT2D eigenvalue weighted by Crippen LogP contribution is 2.40. The highest BCUT2D eigenvalue weighted by atomic mass is 32.2. The van der Waals surface area contributed by atoms with Crippen LogP contribution in [0.5, 0.6) is 5.75 Å². The Kier molecular flexibility index (Phi) is 7.53. The van der Waals surface area contributed by atoms with Crippen LogP contribution in [0.1, 0.15) is 51.1 Å². The Bertz CT molecular complexity index is 1180. The molecule has 1 fully saturated rings. The van der Waals surface area contributed by atoms with E-state index in [1.54, 1.807) is 31.4 Å². The number of aromatic nitrogens is 3. The molecule has 3 aromatic rings. The van der Waals surface area contributed by atoms with Crippen LogP contribution in [0.3, 0.4) is 0 Å². The fourth-order valence-corrected chi connectivity index (χ4v) is 5.31. The smallest absolute Gasteiger partial charge is 0.237 e. The Labute approximate surface area is 204 Å². The standard InChI is InChI=1S/C26H29N5O2S/c1-17-8-4-7-11-23(17)31-24(19-12-14-21(33-3)15-13-19)29-30-26(31)34-18(2)25(32)28-22-10-6-5-9-20(22)16-27/h5-6,9-10,12-15,17-18,23H,4,7-8,11H2,1-3H3,(H,28,32)/t17-,18+,23-/m0/s1. The molecule has 1 aliphatic carbocycles. The zero-order valence-electron chi connectivity index (χ0n) is 19.7. The van der Waals surface area contributed by atoms with Gasteiger partial charge in [-0.15, -0.1) is 10.2 Å². The minimum atomic E-state index is -0.419. The molecule has 4 rings (SSSR count). The van der Waals surface area contributed by atoms with E-state index in [1.807, 2.05) is 31.2 Å². The monoisotopic (exact) mass is 475 g/mol. The van der Waals surface area contributed by atoms with Crippen LogP contribution in [-0.4, -0.2) is 33.0 Å². The lowest BCUT2D eigenvalue weighted by molar-refractivity contribution is -0.115. The van der Waals surface area contributed by atoms with Crippen molar-refractivity contribution in [2.45, 2.75) is 56.0 Å². The predicted octanol–water partition coefficient (Wildman–Crippen LogP) is 5.70. The summed E-state index contributed by atoms with van der Waals surface area (Å²) >= 11 is 1.40. The van der Waals surface area contributed by atoms with Gasteiger partial charge in [0, 0.05) is 11.6 Å². The molecule has 1 N–H and O–H groups in total. The minimum Gasteiger partial charge on any atom is -0.497 e. The number of nitriles is 1. The maximum atomic E-state index is 13.0. The van der Waals surface area contributed by atoms with Gasteiger partial charge in [-0.3, -0.25) is 9.36 Å². The lowest BCUT2D eigenvalue weighted by atomic mass is 9.85. The van der Waals surface area contributed by atoms with Crippen LogP contribution < -0.4 is 10.1 Å². The van der Waals surface area contributed by atoms with Crippen molar-refractivity contribution in [2.24, 2.45) is 5.92 Å². The Morgan fingerprint density at radius 2 is 1.91 bits per heavy atom. The van der Waals surface area contributed by atoms with Gasteiger partial charge in [0.25, 0.3) is 0 Å². The Morgan fingerprint density at radius 1 is 1.18 bits per heavy atom. The van der Waals surface area contributed by atoms with Crippen LogP contribution in [0.4, 0.5) is 5.69 Å². The molecular weight excluding hydrogens is 446 g/mol. The van der Waals surface area contributed by atoms with Crippen molar-refractivity contribution in [2.75, 3.05) is 12.4 Å². The van der Waals surface area contributed by atoms with E-state index in [0.717, 1.165) is 35.1 Å². The zero-order chi connectivity index (χ0) is 24.1. The van der Waals surface area contributed by atoms with Gasteiger partial charge in [0.1, 0.15) is 11.8 Å². The van der Waals surface area contributed by atoms with Gasteiger partial charge in [-0.2, -0.15) is 5.26 Å². The quantitative estimate of drug-likeness (QED) is 0.441. The summed E-state index contributed by atoms with van der Waals surface area (Å²) in [6, 6.07) is 17.2. The first-order valence-corrected chi connectivity index (χ1v) is 12.5. The number of anilines is 1. The average Bonchev–Trinajstić information content (AvgIpc) is 3.27. The Morgan fingerprint density at radius 3 is 2.62 bits per heavy atom. The third-order valence-corrected chi connectivity index (χ3v) is 7.42. The number of nitrogens with one attached hydrogen (secondary N) is 1. The van der Waals surface area contributed by atoms with Crippen molar-refractivity contribution in [1.82, 2.24) is 14.8 Å². The van der Waals surface area contributed by atoms with Gasteiger partial charge in [0.15, 0.2) is 11.0 Å². The van der Waals surface area contributed by atoms with Gasteiger partial charge < -0.3 is 10.1 Å². The fourth-order valence-electron chi connectivity index (χ4n) is 4.41. The Balaban J connectivity index is 1.62. The molecule has 34 heavy (non-hydrogen) atoms. The largest absolute Gasteiger partial charge is 0.497 e. The first-order valence-electron chi connectivity index (χ1n) is 11.6. The highest BCUT2D eigenvalue weighted by Gasteiger charge is 2.30. The lowest BCUT2D eigenvalue weighted by Crippen LogP contribution is -2.25. The maximum Gasteiger partial charge on any atom is 0.237 e. The second kappa shape index (κ2) is 10.7. The average molecular weight is 476 g/mol. The van der Waals surface area contributed by atoms with Gasteiger partial charge in [0.2, 0.25) is 5.91 Å². The molecule has 0 unspecified atom stereocenters. The van der Waals surface area contributed by atoms with Gasteiger partial charge in [-0.25, -0.2) is 0 Å². The molecule has 0 spiro atoms. The topological polar surface area (TPSA) is 92.8 Å². The summed E-state index contributed by atoms with van der Waals surface area (Å²) in [5.41, 5.74) is 1.93. The summed E-state index contributed by atoms with van der Waals surface area (Å²) in [5.74, 6) is 1.92. The summed E-state index contributed by atoms with van der Waals surface area (Å²) in [6.07, 6.45) is 4.62. The molecule has 8 heteroatoms. The number of hydrogen-bond donors (Lipinski definition) is 1. The molecule has 3 atom stereocenters. The zero-order valence-corrected chi connectivity index (χ0v) is 20.5. The van der Waals surface area contributed by atoms with Crippen LogP contribution >= 0.6 is 11.8 Å². The summed E-state index contributed by atoms with van der Waals surface area (Å²) in [7, 11) is 1.65. The van der Waals surface area contributed by atoms with Gasteiger partial charge >= 0.3 is 0 Å².